The zero-order valence-electron chi connectivity index (χ0n) is 11.1. The Balaban J connectivity index is 1.92. The number of carboxylic acid groups (broad SMARTS) is 1. The number of benzene rings is 2. The third-order valence-electron chi connectivity index (χ3n) is 3.72. The van der Waals surface area contributed by atoms with Gasteiger partial charge in [-0.15, -0.1) is 11.3 Å². The lowest BCUT2D eigenvalue weighted by atomic mass is 10.0. The van der Waals surface area contributed by atoms with Gasteiger partial charge in [0.2, 0.25) is 0 Å². The second-order valence-electron chi connectivity index (χ2n) is 5.06. The number of hydrogen-bond acceptors (Lipinski definition) is 3. The minimum atomic E-state index is -0.934. The van der Waals surface area contributed by atoms with E-state index >= 15 is 0 Å². The van der Waals surface area contributed by atoms with Crippen molar-refractivity contribution in [1.29, 1.82) is 0 Å². The van der Waals surface area contributed by atoms with Crippen LogP contribution >= 0.6 is 11.3 Å². The molecule has 0 spiro atoms. The Morgan fingerprint density at radius 3 is 2.86 bits per heavy atom. The van der Waals surface area contributed by atoms with Crippen molar-refractivity contribution >= 4 is 27.4 Å². The number of carboxylic acids is 1. The van der Waals surface area contributed by atoms with Crippen LogP contribution in [0.5, 0.6) is 5.75 Å². The second-order valence-corrected chi connectivity index (χ2v) is 6.15. The highest BCUT2D eigenvalue weighted by molar-refractivity contribution is 7.22. The molecule has 4 heteroatoms. The van der Waals surface area contributed by atoms with Gasteiger partial charge in [0, 0.05) is 16.0 Å². The van der Waals surface area contributed by atoms with Crippen LogP contribution in [0.1, 0.15) is 15.9 Å². The monoisotopic (exact) mass is 296 g/mol. The average molecular weight is 296 g/mol. The van der Waals surface area contributed by atoms with Crippen molar-refractivity contribution in [2.24, 2.45) is 0 Å². The Hall–Kier alpha value is -2.33. The lowest BCUT2D eigenvalue weighted by Crippen LogP contribution is -2.00. The standard InChI is InChI=1S/C17H12O3S/c18-17(19)13-8-12(7-11-5-6-20-16(11)13)15-9-10-3-1-2-4-14(10)21-15/h1-4,7-9H,5-6H2,(H,18,19). The molecule has 21 heavy (non-hydrogen) atoms. The summed E-state index contributed by atoms with van der Waals surface area (Å²) in [4.78, 5) is 12.5. The van der Waals surface area contributed by atoms with E-state index in [1.165, 1.54) is 10.1 Å². The van der Waals surface area contributed by atoms with Crippen molar-refractivity contribution in [2.45, 2.75) is 6.42 Å². The Morgan fingerprint density at radius 2 is 2.05 bits per heavy atom. The highest BCUT2D eigenvalue weighted by Crippen LogP contribution is 2.38. The molecule has 0 radical (unpaired) electrons. The molecule has 2 heterocycles. The maximum absolute atomic E-state index is 11.4. The normalized spacial score (nSPS) is 13.1. The van der Waals surface area contributed by atoms with Crippen LogP contribution in [-0.2, 0) is 6.42 Å². The van der Waals surface area contributed by atoms with Crippen LogP contribution in [0.2, 0.25) is 0 Å². The summed E-state index contributed by atoms with van der Waals surface area (Å²) in [7, 11) is 0. The molecule has 0 saturated heterocycles. The molecule has 3 nitrogen and oxygen atoms in total. The number of thiophene rings is 1. The molecule has 3 aromatic rings. The largest absolute Gasteiger partial charge is 0.492 e. The molecule has 0 bridgehead atoms. The summed E-state index contributed by atoms with van der Waals surface area (Å²) in [5.74, 6) is -0.400. The van der Waals surface area contributed by atoms with Gasteiger partial charge in [0.25, 0.3) is 0 Å². The number of hydrogen-bond donors (Lipinski definition) is 1. The molecule has 0 atom stereocenters. The fraction of sp³-hybridized carbons (Fsp3) is 0.118. The van der Waals surface area contributed by atoms with Gasteiger partial charge in [-0.05, 0) is 40.8 Å². The van der Waals surface area contributed by atoms with Gasteiger partial charge in [-0.25, -0.2) is 4.79 Å². The first-order valence-electron chi connectivity index (χ1n) is 6.74. The van der Waals surface area contributed by atoms with Gasteiger partial charge in [-0.1, -0.05) is 18.2 Å². The summed E-state index contributed by atoms with van der Waals surface area (Å²) in [6.45, 7) is 0.561. The van der Waals surface area contributed by atoms with Gasteiger partial charge in [0.05, 0.1) is 6.61 Å². The van der Waals surface area contributed by atoms with Crippen LogP contribution < -0.4 is 4.74 Å². The van der Waals surface area contributed by atoms with Crippen LogP contribution in [0, 0.1) is 0 Å². The summed E-state index contributed by atoms with van der Waals surface area (Å²) in [6, 6.07) is 14.1. The van der Waals surface area contributed by atoms with Gasteiger partial charge in [0.1, 0.15) is 11.3 Å². The molecule has 2 aromatic carbocycles. The highest BCUT2D eigenvalue weighted by atomic mass is 32.1. The lowest BCUT2D eigenvalue weighted by molar-refractivity contribution is 0.0693. The number of fused-ring (bicyclic) bond motifs is 2. The first kappa shape index (κ1) is 12.4. The minimum Gasteiger partial charge on any atom is -0.492 e. The number of ether oxygens (including phenoxy) is 1. The molecule has 104 valence electrons. The molecule has 1 aliphatic rings. The number of rotatable bonds is 2. The summed E-state index contributed by atoms with van der Waals surface area (Å²) in [5.41, 5.74) is 2.21. The van der Waals surface area contributed by atoms with Crippen molar-refractivity contribution in [3.8, 4) is 16.2 Å². The predicted octanol–water partition coefficient (Wildman–Crippen LogP) is 4.20. The van der Waals surface area contributed by atoms with Crippen molar-refractivity contribution < 1.29 is 14.6 Å². The van der Waals surface area contributed by atoms with E-state index in [1.807, 2.05) is 12.1 Å². The van der Waals surface area contributed by atoms with E-state index in [-0.39, 0.29) is 5.56 Å². The number of aromatic carboxylic acids is 1. The molecule has 0 saturated carbocycles. The van der Waals surface area contributed by atoms with Crippen molar-refractivity contribution in [2.75, 3.05) is 6.61 Å². The van der Waals surface area contributed by atoms with E-state index in [4.69, 9.17) is 4.74 Å². The molecular formula is C17H12O3S. The van der Waals surface area contributed by atoms with Gasteiger partial charge in [-0.3, -0.25) is 0 Å². The minimum absolute atomic E-state index is 0.262. The second kappa shape index (κ2) is 4.60. The summed E-state index contributed by atoms with van der Waals surface area (Å²) in [5, 5.41) is 10.6. The average Bonchev–Trinajstić information content (AvgIpc) is 3.11. The third-order valence-corrected chi connectivity index (χ3v) is 4.89. The van der Waals surface area contributed by atoms with Crippen molar-refractivity contribution in [3.05, 3.63) is 53.6 Å². The fourth-order valence-electron chi connectivity index (χ4n) is 2.73. The van der Waals surface area contributed by atoms with Gasteiger partial charge < -0.3 is 9.84 Å². The third kappa shape index (κ3) is 1.99. The molecule has 4 rings (SSSR count). The topological polar surface area (TPSA) is 46.5 Å². The first-order chi connectivity index (χ1) is 10.2. The van der Waals surface area contributed by atoms with E-state index in [9.17, 15) is 9.90 Å². The van der Waals surface area contributed by atoms with Crippen LogP contribution in [0.15, 0.2) is 42.5 Å². The molecule has 0 aliphatic carbocycles. The lowest BCUT2D eigenvalue weighted by Gasteiger charge is -2.07. The zero-order chi connectivity index (χ0) is 14.4. The first-order valence-corrected chi connectivity index (χ1v) is 7.56. The van der Waals surface area contributed by atoms with E-state index in [1.54, 1.807) is 17.4 Å². The summed E-state index contributed by atoms with van der Waals surface area (Å²) >= 11 is 1.68. The molecule has 0 unspecified atom stereocenters. The maximum Gasteiger partial charge on any atom is 0.339 e. The van der Waals surface area contributed by atoms with Crippen LogP contribution in [-0.4, -0.2) is 17.7 Å². The quantitative estimate of drug-likeness (QED) is 0.771. The van der Waals surface area contributed by atoms with E-state index in [2.05, 4.69) is 24.3 Å². The van der Waals surface area contributed by atoms with Crippen molar-refractivity contribution in [1.82, 2.24) is 0 Å². The molecule has 1 aliphatic heterocycles. The van der Waals surface area contributed by atoms with Gasteiger partial charge in [0.15, 0.2) is 0 Å². The highest BCUT2D eigenvalue weighted by Gasteiger charge is 2.22. The maximum atomic E-state index is 11.4. The molecule has 1 aromatic heterocycles. The van der Waals surface area contributed by atoms with Gasteiger partial charge >= 0.3 is 5.97 Å². The number of carbonyl (C=O) groups is 1. The Bertz CT molecular complexity index is 831. The Morgan fingerprint density at radius 1 is 1.19 bits per heavy atom. The molecule has 0 amide bonds. The van der Waals surface area contributed by atoms with Gasteiger partial charge in [-0.2, -0.15) is 0 Å². The predicted molar refractivity (Wildman–Crippen MR) is 83.4 cm³/mol. The molecule has 1 N–H and O–H groups in total. The SMILES string of the molecule is O=C(O)c1cc(-c2cc3ccccc3s2)cc2c1OCC2. The summed E-state index contributed by atoms with van der Waals surface area (Å²) < 4.78 is 6.67. The smallest absolute Gasteiger partial charge is 0.339 e. The van der Waals surface area contributed by atoms with E-state index in [0.717, 1.165) is 22.4 Å². The summed E-state index contributed by atoms with van der Waals surface area (Å²) in [6.07, 6.45) is 0.772. The van der Waals surface area contributed by atoms with Crippen LogP contribution in [0.4, 0.5) is 0 Å². The zero-order valence-corrected chi connectivity index (χ0v) is 11.9. The van der Waals surface area contributed by atoms with E-state index < -0.39 is 5.97 Å². The van der Waals surface area contributed by atoms with Crippen molar-refractivity contribution in [3.63, 3.8) is 0 Å². The van der Waals surface area contributed by atoms with Crippen LogP contribution in [0.3, 0.4) is 0 Å². The molecular weight excluding hydrogens is 284 g/mol. The Kier molecular flexibility index (Phi) is 2.72. The van der Waals surface area contributed by atoms with Crippen LogP contribution in [0.25, 0.3) is 20.5 Å². The van der Waals surface area contributed by atoms with E-state index in [0.29, 0.717) is 12.4 Å². The Labute approximate surface area is 125 Å². The fourth-order valence-corrected chi connectivity index (χ4v) is 3.78. The molecule has 0 fully saturated rings.